The number of pyridine rings is 1. The van der Waals surface area contributed by atoms with Crippen LogP contribution in [0, 0.1) is 0 Å². The van der Waals surface area contributed by atoms with E-state index in [2.05, 4.69) is 17.3 Å². The molecule has 0 radical (unpaired) electrons. The maximum atomic E-state index is 12.8. The molecule has 2 aliphatic rings. The number of nitrogens with zero attached hydrogens (tertiary/aromatic N) is 3. The number of likely N-dealkylation sites (tertiary alicyclic amines) is 2. The van der Waals surface area contributed by atoms with Crippen LogP contribution in [0.15, 0.2) is 23.1 Å². The van der Waals surface area contributed by atoms with Crippen LogP contribution in [0.25, 0.3) is 0 Å². The van der Waals surface area contributed by atoms with Crippen molar-refractivity contribution in [3.8, 4) is 0 Å². The van der Waals surface area contributed by atoms with Gasteiger partial charge in [0.05, 0.1) is 0 Å². The standard InChI is InChI=1S/C21H32N4O3/c1-15(26)22-14-19-5-4-18(24(19)3)13-21(28)25-10-7-16(8-11-25)17-6-9-23(2)20(27)12-17/h6,9,12,16,18-19H,4-5,7-8,10-11,13-14H2,1-3H3,(H,22,26)/t18-,19+/m0/s1. The molecule has 2 atom stereocenters. The van der Waals surface area contributed by atoms with Crippen molar-refractivity contribution in [1.29, 1.82) is 0 Å². The molecule has 2 amide bonds. The van der Waals surface area contributed by atoms with Crippen molar-refractivity contribution in [1.82, 2.24) is 19.7 Å². The lowest BCUT2D eigenvalue weighted by atomic mass is 9.90. The summed E-state index contributed by atoms with van der Waals surface area (Å²) in [7, 11) is 3.81. The molecule has 0 bridgehead atoms. The van der Waals surface area contributed by atoms with Crippen molar-refractivity contribution in [3.05, 3.63) is 34.2 Å². The number of aromatic nitrogens is 1. The molecule has 28 heavy (non-hydrogen) atoms. The fourth-order valence-corrected chi connectivity index (χ4v) is 4.45. The summed E-state index contributed by atoms with van der Waals surface area (Å²) >= 11 is 0. The highest BCUT2D eigenvalue weighted by atomic mass is 16.2. The quantitative estimate of drug-likeness (QED) is 0.819. The lowest BCUT2D eigenvalue weighted by molar-refractivity contribution is -0.133. The molecule has 0 aliphatic carbocycles. The van der Waals surface area contributed by atoms with E-state index in [1.165, 1.54) is 6.92 Å². The molecular formula is C21H32N4O3. The Balaban J connectivity index is 1.48. The summed E-state index contributed by atoms with van der Waals surface area (Å²) < 4.78 is 1.58. The molecular weight excluding hydrogens is 356 g/mol. The van der Waals surface area contributed by atoms with E-state index < -0.39 is 0 Å². The lowest BCUT2D eigenvalue weighted by Crippen LogP contribution is -2.44. The largest absolute Gasteiger partial charge is 0.355 e. The SMILES string of the molecule is CC(=O)NC[C@H]1CC[C@@H](CC(=O)N2CCC(c3ccn(C)c(=O)c3)CC2)N1C. The van der Waals surface area contributed by atoms with E-state index in [4.69, 9.17) is 0 Å². The smallest absolute Gasteiger partial charge is 0.250 e. The number of amides is 2. The van der Waals surface area contributed by atoms with Gasteiger partial charge in [-0.3, -0.25) is 19.3 Å². The first-order valence-corrected chi connectivity index (χ1v) is 10.3. The molecule has 7 nitrogen and oxygen atoms in total. The second kappa shape index (κ2) is 8.90. The summed E-state index contributed by atoms with van der Waals surface area (Å²) in [6, 6.07) is 4.31. The average Bonchev–Trinajstić information content (AvgIpc) is 3.02. The van der Waals surface area contributed by atoms with Crippen molar-refractivity contribution < 1.29 is 9.59 Å². The average molecular weight is 389 g/mol. The number of aryl methyl sites for hydroxylation is 1. The van der Waals surface area contributed by atoms with Crippen LogP contribution < -0.4 is 10.9 Å². The zero-order chi connectivity index (χ0) is 20.3. The van der Waals surface area contributed by atoms with Gasteiger partial charge in [-0.25, -0.2) is 0 Å². The van der Waals surface area contributed by atoms with Gasteiger partial charge in [-0.1, -0.05) is 0 Å². The third kappa shape index (κ3) is 4.82. The van der Waals surface area contributed by atoms with Gasteiger partial charge in [0.2, 0.25) is 11.8 Å². The maximum Gasteiger partial charge on any atom is 0.250 e. The molecule has 0 unspecified atom stereocenters. The third-order valence-electron chi connectivity index (χ3n) is 6.43. The van der Waals surface area contributed by atoms with E-state index in [-0.39, 0.29) is 23.4 Å². The van der Waals surface area contributed by atoms with Crippen LogP contribution in [0.5, 0.6) is 0 Å². The van der Waals surface area contributed by atoms with Crippen molar-refractivity contribution >= 4 is 11.8 Å². The maximum absolute atomic E-state index is 12.8. The molecule has 1 N–H and O–H groups in total. The Bertz CT molecular complexity index is 767. The number of carbonyl (C=O) groups excluding carboxylic acids is 2. The summed E-state index contributed by atoms with van der Waals surface area (Å²) in [5, 5.41) is 2.88. The molecule has 7 heteroatoms. The molecule has 1 aromatic rings. The van der Waals surface area contributed by atoms with Gasteiger partial charge >= 0.3 is 0 Å². The normalized spacial score (nSPS) is 23.8. The first-order chi connectivity index (χ1) is 13.3. The predicted octanol–water partition coefficient (Wildman–Crippen LogP) is 1.08. The predicted molar refractivity (Wildman–Crippen MR) is 108 cm³/mol. The van der Waals surface area contributed by atoms with Gasteiger partial charge in [0, 0.05) is 64.4 Å². The topological polar surface area (TPSA) is 74.6 Å². The molecule has 154 valence electrons. The van der Waals surface area contributed by atoms with Gasteiger partial charge in [-0.15, -0.1) is 0 Å². The van der Waals surface area contributed by atoms with Crippen LogP contribution >= 0.6 is 0 Å². The molecule has 0 aromatic carbocycles. The fourth-order valence-electron chi connectivity index (χ4n) is 4.45. The number of likely N-dealkylation sites (N-methyl/N-ethyl adjacent to an activating group) is 1. The van der Waals surface area contributed by atoms with Gasteiger partial charge in [0.25, 0.3) is 5.56 Å². The van der Waals surface area contributed by atoms with Crippen LogP contribution in [-0.4, -0.2) is 64.9 Å². The zero-order valence-electron chi connectivity index (χ0n) is 17.2. The second-order valence-corrected chi connectivity index (χ2v) is 8.26. The van der Waals surface area contributed by atoms with Gasteiger partial charge < -0.3 is 14.8 Å². The number of carbonyl (C=O) groups is 2. The number of rotatable bonds is 5. The van der Waals surface area contributed by atoms with Gasteiger partial charge in [0.15, 0.2) is 0 Å². The van der Waals surface area contributed by atoms with Crippen LogP contribution in [0.3, 0.4) is 0 Å². The van der Waals surface area contributed by atoms with Gasteiger partial charge in [-0.2, -0.15) is 0 Å². The van der Waals surface area contributed by atoms with Crippen molar-refractivity contribution in [2.24, 2.45) is 7.05 Å². The first-order valence-electron chi connectivity index (χ1n) is 10.3. The van der Waals surface area contributed by atoms with Gasteiger partial charge in [-0.05, 0) is 50.3 Å². The minimum absolute atomic E-state index is 0.00734. The summed E-state index contributed by atoms with van der Waals surface area (Å²) in [5.74, 6) is 0.570. The minimum atomic E-state index is -0.00734. The van der Waals surface area contributed by atoms with E-state index >= 15 is 0 Å². The number of hydrogen-bond acceptors (Lipinski definition) is 4. The molecule has 0 saturated carbocycles. The summed E-state index contributed by atoms with van der Waals surface area (Å²) in [6.07, 6.45) is 6.19. The molecule has 3 rings (SSSR count). The minimum Gasteiger partial charge on any atom is -0.355 e. The van der Waals surface area contributed by atoms with Crippen LogP contribution in [0.4, 0.5) is 0 Å². The summed E-state index contributed by atoms with van der Waals surface area (Å²) in [4.78, 5) is 40.0. The monoisotopic (exact) mass is 388 g/mol. The first kappa shape index (κ1) is 20.6. The highest BCUT2D eigenvalue weighted by Crippen LogP contribution is 2.29. The molecule has 3 heterocycles. The lowest BCUT2D eigenvalue weighted by Gasteiger charge is -2.34. The Morgan fingerprint density at radius 3 is 2.43 bits per heavy atom. The van der Waals surface area contributed by atoms with E-state index in [1.54, 1.807) is 17.7 Å². The molecule has 1 aromatic heterocycles. The summed E-state index contributed by atoms with van der Waals surface area (Å²) in [5.41, 5.74) is 1.11. The molecule has 2 aliphatic heterocycles. The number of nitrogens with one attached hydrogen (secondary N) is 1. The highest BCUT2D eigenvalue weighted by molar-refractivity contribution is 5.77. The van der Waals surface area contributed by atoms with Crippen LogP contribution in [0.1, 0.15) is 50.5 Å². The van der Waals surface area contributed by atoms with Crippen molar-refractivity contribution in [2.45, 2.75) is 57.0 Å². The summed E-state index contributed by atoms with van der Waals surface area (Å²) in [6.45, 7) is 3.69. The Morgan fingerprint density at radius 1 is 1.11 bits per heavy atom. The fraction of sp³-hybridized carbons (Fsp3) is 0.667. The highest BCUT2D eigenvalue weighted by Gasteiger charge is 2.33. The number of piperidine rings is 1. The van der Waals surface area contributed by atoms with E-state index in [0.717, 1.165) is 44.3 Å². The van der Waals surface area contributed by atoms with Crippen LogP contribution in [-0.2, 0) is 16.6 Å². The third-order valence-corrected chi connectivity index (χ3v) is 6.43. The Morgan fingerprint density at radius 2 is 1.79 bits per heavy atom. The molecule has 0 spiro atoms. The van der Waals surface area contributed by atoms with Gasteiger partial charge in [0.1, 0.15) is 0 Å². The van der Waals surface area contributed by atoms with Crippen LogP contribution in [0.2, 0.25) is 0 Å². The molecule has 2 fully saturated rings. The number of hydrogen-bond donors (Lipinski definition) is 1. The zero-order valence-corrected chi connectivity index (χ0v) is 17.2. The van der Waals surface area contributed by atoms with Crippen molar-refractivity contribution in [2.75, 3.05) is 26.7 Å². The molecule has 2 saturated heterocycles. The Kier molecular flexibility index (Phi) is 6.54. The Labute approximate surface area is 166 Å². The second-order valence-electron chi connectivity index (χ2n) is 8.26. The van der Waals surface area contributed by atoms with Crippen molar-refractivity contribution in [3.63, 3.8) is 0 Å². The Hall–Kier alpha value is -2.15. The van der Waals surface area contributed by atoms with E-state index in [1.807, 2.05) is 17.2 Å². The van der Waals surface area contributed by atoms with E-state index in [9.17, 15) is 14.4 Å². The van der Waals surface area contributed by atoms with E-state index in [0.29, 0.717) is 24.9 Å².